The van der Waals surface area contributed by atoms with Gasteiger partial charge >= 0.3 is 5.97 Å². The first-order valence-electron chi connectivity index (χ1n) is 4.11. The highest BCUT2D eigenvalue weighted by Gasteiger charge is 2.11. The predicted molar refractivity (Wildman–Crippen MR) is 87.7 cm³/mol. The van der Waals surface area contributed by atoms with Crippen molar-refractivity contribution < 1.29 is 14.3 Å². The number of rotatable bonds is 3. The third kappa shape index (κ3) is 4.35. The minimum atomic E-state index is -0.343. The van der Waals surface area contributed by atoms with Gasteiger partial charge in [0.2, 0.25) is 0 Å². The largest absolute Gasteiger partial charge is 0.497 e. The van der Waals surface area contributed by atoms with Gasteiger partial charge < -0.3 is 9.47 Å². The Hall–Kier alpha value is 0.420. The quantitative estimate of drug-likeness (QED) is 0.244. The molecule has 0 atom stereocenters. The molecule has 6 heteroatoms. The van der Waals surface area contributed by atoms with E-state index in [0.29, 0.717) is 9.33 Å². The Morgan fingerprint density at radius 2 is 1.56 bits per heavy atom. The molecule has 3 nitrogen and oxygen atoms in total. The summed E-state index contributed by atoms with van der Waals surface area (Å²) < 4.78 is 11.6. The van der Waals surface area contributed by atoms with Gasteiger partial charge in [-0.3, -0.25) is 0 Å². The van der Waals surface area contributed by atoms with Crippen LogP contribution in [0.3, 0.4) is 0 Å². The van der Waals surface area contributed by atoms with Crippen molar-refractivity contribution in [2.75, 3.05) is 7.11 Å². The Morgan fingerprint density at radius 3 is 2.00 bits per heavy atom. The van der Waals surface area contributed by atoms with E-state index in [1.165, 1.54) is 0 Å². The number of methoxy groups -OCH3 is 1. The number of hydrogen-bond donors (Lipinski definition) is 0. The molecular formula is C10H7I3O3. The van der Waals surface area contributed by atoms with Gasteiger partial charge in [-0.2, -0.15) is 0 Å². The minimum Gasteiger partial charge on any atom is -0.497 e. The number of ether oxygens (including phenoxy) is 2. The first kappa shape index (κ1) is 14.5. The van der Waals surface area contributed by atoms with Gasteiger partial charge in [0.1, 0.15) is 15.1 Å². The van der Waals surface area contributed by atoms with Crippen LogP contribution in [0.5, 0.6) is 11.5 Å². The van der Waals surface area contributed by atoms with Crippen LogP contribution in [-0.4, -0.2) is 13.1 Å². The molecule has 0 N–H and O–H groups in total. The number of halogens is 3. The van der Waals surface area contributed by atoms with E-state index < -0.39 is 0 Å². The van der Waals surface area contributed by atoms with Crippen molar-refractivity contribution in [3.8, 4) is 11.5 Å². The summed E-state index contributed by atoms with van der Waals surface area (Å²) in [6, 6.07) is 6.88. The Kier molecular flexibility index (Phi) is 6.32. The molecule has 0 saturated carbocycles. The van der Waals surface area contributed by atoms with Crippen molar-refractivity contribution >= 4 is 73.7 Å². The summed E-state index contributed by atoms with van der Waals surface area (Å²) in [5.41, 5.74) is 0. The lowest BCUT2D eigenvalue weighted by molar-refractivity contribution is -0.129. The monoisotopic (exact) mass is 556 g/mol. The summed E-state index contributed by atoms with van der Waals surface area (Å²) in [7, 11) is 1.59. The van der Waals surface area contributed by atoms with Crippen LogP contribution in [0.2, 0.25) is 0 Å². The van der Waals surface area contributed by atoms with Crippen LogP contribution in [0.1, 0.15) is 0 Å². The second-order valence-electron chi connectivity index (χ2n) is 2.64. The molecular weight excluding hydrogens is 549 g/mol. The van der Waals surface area contributed by atoms with Gasteiger partial charge in [0, 0.05) is 0 Å². The van der Waals surface area contributed by atoms with Crippen LogP contribution in [0, 0.1) is 0 Å². The molecule has 0 bridgehead atoms. The summed E-state index contributed by atoms with van der Waals surface area (Å²) in [5.74, 6) is 0.895. The number of hydrogen-bond acceptors (Lipinski definition) is 3. The van der Waals surface area contributed by atoms with Crippen molar-refractivity contribution in [1.29, 1.82) is 0 Å². The lowest BCUT2D eigenvalue weighted by atomic mass is 10.3. The van der Waals surface area contributed by atoms with E-state index in [1.807, 2.05) is 22.6 Å². The van der Waals surface area contributed by atoms with Crippen molar-refractivity contribution in [1.82, 2.24) is 0 Å². The molecule has 1 aromatic rings. The molecule has 0 aliphatic heterocycles. The van der Waals surface area contributed by atoms with E-state index in [9.17, 15) is 4.79 Å². The fourth-order valence-electron chi connectivity index (χ4n) is 0.873. The average Bonchev–Trinajstić information content (AvgIpc) is 2.28. The first-order chi connectivity index (χ1) is 7.54. The Balaban J connectivity index is 2.74. The molecule has 0 radical (unpaired) electrons. The molecule has 0 fully saturated rings. The van der Waals surface area contributed by atoms with E-state index in [4.69, 9.17) is 9.47 Å². The zero-order chi connectivity index (χ0) is 12.1. The maximum atomic E-state index is 11.6. The number of benzene rings is 1. The molecule has 0 aliphatic carbocycles. The van der Waals surface area contributed by atoms with Gasteiger partial charge in [-0.1, -0.05) is 0 Å². The maximum Gasteiger partial charge on any atom is 0.351 e. The van der Waals surface area contributed by atoms with Crippen molar-refractivity contribution in [3.63, 3.8) is 0 Å². The molecule has 86 valence electrons. The zero-order valence-corrected chi connectivity index (χ0v) is 14.6. The second kappa shape index (κ2) is 6.99. The zero-order valence-electron chi connectivity index (χ0n) is 8.17. The van der Waals surface area contributed by atoms with Crippen LogP contribution in [0.15, 0.2) is 29.4 Å². The second-order valence-corrected chi connectivity index (χ2v) is 7.94. The summed E-state index contributed by atoms with van der Waals surface area (Å²) in [4.78, 5) is 11.6. The third-order valence-electron chi connectivity index (χ3n) is 1.62. The summed E-state index contributed by atoms with van der Waals surface area (Å²) in [6.45, 7) is 0. The van der Waals surface area contributed by atoms with Crippen LogP contribution in [0.4, 0.5) is 0 Å². The van der Waals surface area contributed by atoms with E-state index in [-0.39, 0.29) is 5.97 Å². The van der Waals surface area contributed by atoms with Crippen LogP contribution in [-0.2, 0) is 4.79 Å². The van der Waals surface area contributed by atoms with Gasteiger partial charge in [-0.15, -0.1) is 0 Å². The normalized spacial score (nSPS) is 9.50. The SMILES string of the molecule is COc1ccc(OC(=O)C(I)=C(I)I)cc1. The lowest BCUT2D eigenvalue weighted by Crippen LogP contribution is -2.07. The highest BCUT2D eigenvalue weighted by Crippen LogP contribution is 2.27. The molecule has 16 heavy (non-hydrogen) atoms. The van der Waals surface area contributed by atoms with Crippen LogP contribution >= 0.6 is 67.8 Å². The molecule has 0 spiro atoms. The van der Waals surface area contributed by atoms with E-state index >= 15 is 0 Å². The summed E-state index contributed by atoms with van der Waals surface area (Å²) in [5, 5.41) is 0. The number of carbonyl (C=O) groups is 1. The first-order valence-corrected chi connectivity index (χ1v) is 7.35. The molecule has 0 unspecified atom stereocenters. The Bertz CT molecular complexity index is 408. The molecule has 0 saturated heterocycles. The molecule has 0 aliphatic rings. The van der Waals surface area contributed by atoms with E-state index in [0.717, 1.165) is 7.34 Å². The summed E-state index contributed by atoms with van der Waals surface area (Å²) in [6.07, 6.45) is 0. The van der Waals surface area contributed by atoms with Crippen molar-refractivity contribution in [3.05, 3.63) is 29.4 Å². The van der Waals surface area contributed by atoms with Crippen molar-refractivity contribution in [2.24, 2.45) is 0 Å². The highest BCUT2D eigenvalue weighted by molar-refractivity contribution is 14.2. The van der Waals surface area contributed by atoms with Crippen molar-refractivity contribution in [2.45, 2.75) is 0 Å². The predicted octanol–water partition coefficient (Wildman–Crippen LogP) is 4.07. The minimum absolute atomic E-state index is 0.343. The average molecular weight is 556 g/mol. The highest BCUT2D eigenvalue weighted by atomic mass is 127. The topological polar surface area (TPSA) is 35.5 Å². The number of carbonyl (C=O) groups excluding carboxylic acids is 1. The van der Waals surface area contributed by atoms with E-state index in [2.05, 4.69) is 45.2 Å². The lowest BCUT2D eigenvalue weighted by Gasteiger charge is -2.04. The standard InChI is InChI=1S/C10H7I3O3/c1-15-6-2-4-7(5-3-6)16-10(14)8(11)9(12)13/h2-5H,1H3. The van der Waals surface area contributed by atoms with Gasteiger partial charge in [-0.25, -0.2) is 4.79 Å². The third-order valence-corrected chi connectivity index (χ3v) is 5.74. The van der Waals surface area contributed by atoms with Crippen LogP contribution < -0.4 is 9.47 Å². The van der Waals surface area contributed by atoms with Gasteiger partial charge in [-0.05, 0) is 92.0 Å². The number of esters is 1. The smallest absolute Gasteiger partial charge is 0.351 e. The maximum absolute atomic E-state index is 11.6. The fraction of sp³-hybridized carbons (Fsp3) is 0.100. The van der Waals surface area contributed by atoms with Gasteiger partial charge in [0.05, 0.1) is 8.70 Å². The fourth-order valence-corrected chi connectivity index (χ4v) is 1.42. The van der Waals surface area contributed by atoms with E-state index in [1.54, 1.807) is 31.4 Å². The van der Waals surface area contributed by atoms with Crippen LogP contribution in [0.25, 0.3) is 0 Å². The molecule has 1 aromatic carbocycles. The molecule has 0 amide bonds. The molecule has 1 rings (SSSR count). The molecule has 0 heterocycles. The Morgan fingerprint density at radius 1 is 1.06 bits per heavy atom. The Labute approximate surface area is 134 Å². The van der Waals surface area contributed by atoms with Gasteiger partial charge in [0.25, 0.3) is 0 Å². The summed E-state index contributed by atoms with van der Waals surface area (Å²) >= 11 is 6.12. The van der Waals surface area contributed by atoms with Gasteiger partial charge in [0.15, 0.2) is 0 Å². The molecule has 0 aromatic heterocycles.